The van der Waals surface area contributed by atoms with Crippen molar-refractivity contribution in [1.29, 1.82) is 0 Å². The van der Waals surface area contributed by atoms with Gasteiger partial charge in [0.15, 0.2) is 11.5 Å². The van der Waals surface area contributed by atoms with Crippen LogP contribution in [-0.4, -0.2) is 58.9 Å². The number of benzene rings is 2. The van der Waals surface area contributed by atoms with Gasteiger partial charge in [-0.1, -0.05) is 18.2 Å². The number of nitrogens with zero attached hydrogens (tertiary/aromatic N) is 3. The summed E-state index contributed by atoms with van der Waals surface area (Å²) < 4.78 is 16.7. The lowest BCUT2D eigenvalue weighted by molar-refractivity contribution is 0.0620. The molecule has 4 heterocycles. The van der Waals surface area contributed by atoms with Gasteiger partial charge in [-0.2, -0.15) is 5.10 Å². The van der Waals surface area contributed by atoms with Crippen molar-refractivity contribution in [3.05, 3.63) is 59.3 Å². The lowest BCUT2D eigenvalue weighted by Crippen LogP contribution is -2.48. The highest BCUT2D eigenvalue weighted by Crippen LogP contribution is 2.37. The lowest BCUT2D eigenvalue weighted by Gasteiger charge is -2.34. The fourth-order valence-corrected chi connectivity index (χ4v) is 4.41. The topological polar surface area (TPSA) is 79.9 Å². The third kappa shape index (κ3) is 3.19. The Morgan fingerprint density at radius 2 is 1.81 bits per heavy atom. The minimum absolute atomic E-state index is 0.0144. The number of rotatable bonds is 3. The Hall–Kier alpha value is -3.52. The highest BCUT2D eigenvalue weighted by atomic mass is 16.7. The Bertz CT molecular complexity index is 1150. The van der Waals surface area contributed by atoms with Crippen LogP contribution < -0.4 is 14.2 Å². The molecule has 1 N–H and O–H groups in total. The summed E-state index contributed by atoms with van der Waals surface area (Å²) in [5, 5.41) is 7.40. The SMILES string of the molecule is O=C(c1[nH]nc2c1COc1ccccc1-2)N1CCN(Cc2ccc3c(c2)OCO3)CC1. The molecule has 8 nitrogen and oxygen atoms in total. The maximum Gasteiger partial charge on any atom is 0.272 e. The summed E-state index contributed by atoms with van der Waals surface area (Å²) in [6.07, 6.45) is 0. The number of piperazine rings is 1. The Labute approximate surface area is 179 Å². The number of nitrogens with one attached hydrogen (secondary N) is 1. The Kier molecular flexibility index (Phi) is 4.31. The minimum Gasteiger partial charge on any atom is -0.488 e. The van der Waals surface area contributed by atoms with Crippen LogP contribution in [0, 0.1) is 0 Å². The molecule has 3 aliphatic rings. The number of carbonyl (C=O) groups is 1. The molecule has 0 unspecified atom stereocenters. The molecule has 158 valence electrons. The number of para-hydroxylation sites is 1. The number of ether oxygens (including phenoxy) is 3. The Balaban J connectivity index is 1.12. The molecule has 6 rings (SSSR count). The van der Waals surface area contributed by atoms with Crippen LogP contribution in [-0.2, 0) is 13.2 Å². The number of hydrogen-bond acceptors (Lipinski definition) is 6. The number of H-pyrrole nitrogens is 1. The van der Waals surface area contributed by atoms with Gasteiger partial charge in [0.05, 0.1) is 0 Å². The van der Waals surface area contributed by atoms with Gasteiger partial charge in [-0.25, -0.2) is 0 Å². The second-order valence-corrected chi connectivity index (χ2v) is 7.97. The van der Waals surface area contributed by atoms with Crippen LogP contribution in [0.25, 0.3) is 11.3 Å². The molecule has 0 aliphatic carbocycles. The van der Waals surface area contributed by atoms with Gasteiger partial charge in [-0.05, 0) is 29.8 Å². The first kappa shape index (κ1) is 18.3. The summed E-state index contributed by atoms with van der Waals surface area (Å²) in [5.41, 5.74) is 4.29. The molecular weight excluding hydrogens is 396 g/mol. The van der Waals surface area contributed by atoms with Crippen molar-refractivity contribution >= 4 is 5.91 Å². The normalized spacial score (nSPS) is 17.1. The molecule has 0 atom stereocenters. The van der Waals surface area contributed by atoms with Crippen LogP contribution in [0.2, 0.25) is 0 Å². The molecule has 3 aliphatic heterocycles. The van der Waals surface area contributed by atoms with E-state index in [4.69, 9.17) is 14.2 Å². The van der Waals surface area contributed by atoms with Crippen molar-refractivity contribution in [1.82, 2.24) is 20.0 Å². The van der Waals surface area contributed by atoms with Crippen molar-refractivity contribution in [3.63, 3.8) is 0 Å². The van der Waals surface area contributed by atoms with Gasteiger partial charge < -0.3 is 19.1 Å². The molecule has 0 spiro atoms. The average molecular weight is 418 g/mol. The maximum absolute atomic E-state index is 13.2. The third-order valence-corrected chi connectivity index (χ3v) is 6.10. The zero-order valence-corrected chi connectivity index (χ0v) is 17.0. The molecule has 0 saturated carbocycles. The monoisotopic (exact) mass is 418 g/mol. The number of fused-ring (bicyclic) bond motifs is 4. The van der Waals surface area contributed by atoms with E-state index in [0.29, 0.717) is 25.4 Å². The van der Waals surface area contributed by atoms with E-state index in [2.05, 4.69) is 21.2 Å². The summed E-state index contributed by atoms with van der Waals surface area (Å²) in [7, 11) is 0. The first-order valence-electron chi connectivity index (χ1n) is 10.5. The molecule has 2 aromatic carbocycles. The van der Waals surface area contributed by atoms with Gasteiger partial charge >= 0.3 is 0 Å². The quantitative estimate of drug-likeness (QED) is 0.705. The van der Waals surface area contributed by atoms with Crippen LogP contribution in [0.3, 0.4) is 0 Å². The molecular formula is C23H22N4O4. The van der Waals surface area contributed by atoms with Gasteiger partial charge in [0.1, 0.15) is 23.7 Å². The van der Waals surface area contributed by atoms with E-state index in [-0.39, 0.29) is 12.7 Å². The second-order valence-electron chi connectivity index (χ2n) is 7.97. The van der Waals surface area contributed by atoms with E-state index in [9.17, 15) is 4.79 Å². The number of hydrogen-bond donors (Lipinski definition) is 1. The molecule has 1 aromatic heterocycles. The van der Waals surface area contributed by atoms with Gasteiger partial charge in [0.2, 0.25) is 6.79 Å². The molecule has 1 saturated heterocycles. The van der Waals surface area contributed by atoms with Crippen molar-refractivity contribution < 1.29 is 19.0 Å². The zero-order chi connectivity index (χ0) is 20.8. The Morgan fingerprint density at radius 3 is 2.71 bits per heavy atom. The standard InChI is InChI=1S/C23H22N4O4/c28-23(22-17-13-29-18-4-2-1-3-16(18)21(17)24-25-22)27-9-7-26(8-10-27)12-15-5-6-19-20(11-15)31-14-30-19/h1-6,11H,7-10,12-14H2,(H,24,25). The fourth-order valence-electron chi connectivity index (χ4n) is 4.41. The largest absolute Gasteiger partial charge is 0.488 e. The molecule has 1 fully saturated rings. The minimum atomic E-state index is -0.0144. The van der Waals surface area contributed by atoms with Crippen LogP contribution in [0.15, 0.2) is 42.5 Å². The summed E-state index contributed by atoms with van der Waals surface area (Å²) in [6.45, 7) is 4.44. The Morgan fingerprint density at radius 1 is 0.968 bits per heavy atom. The maximum atomic E-state index is 13.2. The number of aromatic nitrogens is 2. The third-order valence-electron chi connectivity index (χ3n) is 6.10. The van der Waals surface area contributed by atoms with Gasteiger partial charge in [-0.3, -0.25) is 14.8 Å². The molecule has 0 bridgehead atoms. The predicted molar refractivity (Wildman–Crippen MR) is 112 cm³/mol. The zero-order valence-electron chi connectivity index (χ0n) is 17.0. The predicted octanol–water partition coefficient (Wildman–Crippen LogP) is 2.66. The van der Waals surface area contributed by atoms with Gasteiger partial charge in [0.25, 0.3) is 5.91 Å². The van der Waals surface area contributed by atoms with Crippen molar-refractivity contribution in [2.24, 2.45) is 0 Å². The molecule has 8 heteroatoms. The molecule has 31 heavy (non-hydrogen) atoms. The summed E-state index contributed by atoms with van der Waals surface area (Å²) in [5.74, 6) is 2.39. The van der Waals surface area contributed by atoms with E-state index in [1.165, 1.54) is 5.56 Å². The fraction of sp³-hybridized carbons (Fsp3) is 0.304. The first-order chi connectivity index (χ1) is 15.3. The number of carbonyl (C=O) groups excluding carboxylic acids is 1. The van der Waals surface area contributed by atoms with E-state index >= 15 is 0 Å². The van der Waals surface area contributed by atoms with Crippen molar-refractivity contribution in [2.75, 3.05) is 33.0 Å². The highest BCUT2D eigenvalue weighted by molar-refractivity contribution is 5.96. The van der Waals surface area contributed by atoms with Crippen molar-refractivity contribution in [2.45, 2.75) is 13.2 Å². The number of amides is 1. The molecule has 3 aromatic rings. The van der Waals surface area contributed by atoms with Crippen molar-refractivity contribution in [3.8, 4) is 28.5 Å². The highest BCUT2D eigenvalue weighted by Gasteiger charge is 2.30. The van der Waals surface area contributed by atoms with E-state index in [0.717, 1.165) is 53.7 Å². The lowest BCUT2D eigenvalue weighted by atomic mass is 10.0. The van der Waals surface area contributed by atoms with Crippen LogP contribution >= 0.6 is 0 Å². The van der Waals surface area contributed by atoms with Gasteiger partial charge in [-0.15, -0.1) is 0 Å². The van der Waals surface area contributed by atoms with Crippen LogP contribution in [0.4, 0.5) is 0 Å². The van der Waals surface area contributed by atoms with Crippen LogP contribution in [0.5, 0.6) is 17.2 Å². The second kappa shape index (κ2) is 7.31. The van der Waals surface area contributed by atoms with E-state index in [1.807, 2.05) is 41.3 Å². The van der Waals surface area contributed by atoms with Gasteiger partial charge in [0, 0.05) is 43.9 Å². The molecule has 1 amide bonds. The average Bonchev–Trinajstić information content (AvgIpc) is 3.46. The van der Waals surface area contributed by atoms with Crippen LogP contribution in [0.1, 0.15) is 21.6 Å². The summed E-state index contributed by atoms with van der Waals surface area (Å²) in [6, 6.07) is 13.8. The van der Waals surface area contributed by atoms with E-state index < -0.39 is 0 Å². The first-order valence-corrected chi connectivity index (χ1v) is 10.5. The van der Waals surface area contributed by atoms with E-state index in [1.54, 1.807) is 0 Å². The summed E-state index contributed by atoms with van der Waals surface area (Å²) in [4.78, 5) is 17.4. The number of aromatic amines is 1. The summed E-state index contributed by atoms with van der Waals surface area (Å²) >= 11 is 0. The smallest absolute Gasteiger partial charge is 0.272 e. The molecule has 0 radical (unpaired) electrons.